The molecule has 1 aliphatic heterocycles. The summed E-state index contributed by atoms with van der Waals surface area (Å²) in [6.07, 6.45) is 2.10. The molecule has 1 saturated heterocycles. The smallest absolute Gasteiger partial charge is 0.317 e. The van der Waals surface area contributed by atoms with E-state index in [9.17, 15) is 19.5 Å². The van der Waals surface area contributed by atoms with E-state index in [2.05, 4.69) is 5.16 Å². The third-order valence-corrected chi connectivity index (χ3v) is 5.27. The lowest BCUT2D eigenvalue weighted by Crippen LogP contribution is -2.48. The van der Waals surface area contributed by atoms with Crippen molar-refractivity contribution >= 4 is 11.8 Å². The first-order valence-electron chi connectivity index (χ1n) is 9.15. The second kappa shape index (κ2) is 8.35. The Bertz CT molecular complexity index is 869. The molecule has 2 atom stereocenters. The Morgan fingerprint density at radius 3 is 2.78 bits per heavy atom. The second-order valence-electron chi connectivity index (χ2n) is 7.11. The number of carboxylic acids is 1. The van der Waals surface area contributed by atoms with Crippen molar-refractivity contribution < 1.29 is 19.2 Å². The van der Waals surface area contributed by atoms with Crippen LogP contribution < -0.4 is 5.56 Å². The predicted octanol–water partition coefficient (Wildman–Crippen LogP) is 2.11. The molecule has 1 fully saturated rings. The van der Waals surface area contributed by atoms with Crippen LogP contribution in [0.3, 0.4) is 0 Å². The zero-order valence-electron chi connectivity index (χ0n) is 15.3. The van der Waals surface area contributed by atoms with Gasteiger partial charge in [0.25, 0.3) is 5.56 Å². The van der Waals surface area contributed by atoms with Crippen molar-refractivity contribution in [2.45, 2.75) is 44.6 Å². The van der Waals surface area contributed by atoms with Gasteiger partial charge in [0.15, 0.2) is 0 Å². The number of aromatic nitrogens is 1. The number of aryl methyl sites for hydroxylation is 2. The monoisotopic (exact) mass is 372 g/mol. The lowest BCUT2D eigenvalue weighted by molar-refractivity contribution is -0.140. The zero-order chi connectivity index (χ0) is 19.4. The first-order valence-corrected chi connectivity index (χ1v) is 9.15. The number of aliphatic carboxylic acids is 1. The summed E-state index contributed by atoms with van der Waals surface area (Å²) in [5.41, 5.74) is 1.96. The van der Waals surface area contributed by atoms with Crippen LogP contribution in [0.25, 0.3) is 0 Å². The zero-order valence-corrected chi connectivity index (χ0v) is 15.3. The number of nitrogens with one attached hydrogen (secondary N) is 1. The highest BCUT2D eigenvalue weighted by Gasteiger charge is 2.35. The van der Waals surface area contributed by atoms with E-state index in [-0.39, 0.29) is 23.8 Å². The predicted molar refractivity (Wildman–Crippen MR) is 98.8 cm³/mol. The summed E-state index contributed by atoms with van der Waals surface area (Å²) < 4.78 is 5.21. The van der Waals surface area contributed by atoms with Gasteiger partial charge in [-0.2, -0.15) is 5.16 Å². The summed E-state index contributed by atoms with van der Waals surface area (Å²) in [6.45, 7) is 2.33. The molecule has 0 saturated carbocycles. The van der Waals surface area contributed by atoms with Crippen molar-refractivity contribution in [1.29, 1.82) is 0 Å². The van der Waals surface area contributed by atoms with Gasteiger partial charge in [-0.15, -0.1) is 0 Å². The van der Waals surface area contributed by atoms with Crippen LogP contribution in [0.5, 0.6) is 0 Å². The molecule has 0 bridgehead atoms. The maximum absolute atomic E-state index is 12.9. The highest BCUT2D eigenvalue weighted by atomic mass is 16.5. The number of rotatable bonds is 7. The van der Waals surface area contributed by atoms with Crippen LogP contribution in [0.15, 0.2) is 39.6 Å². The van der Waals surface area contributed by atoms with E-state index in [4.69, 9.17) is 4.52 Å². The molecule has 2 unspecified atom stereocenters. The molecule has 2 N–H and O–H groups in total. The van der Waals surface area contributed by atoms with E-state index < -0.39 is 12.0 Å². The number of carboxylic acid groups (broad SMARTS) is 1. The first-order chi connectivity index (χ1) is 12.9. The van der Waals surface area contributed by atoms with Crippen LogP contribution in [0, 0.1) is 6.92 Å². The Morgan fingerprint density at radius 2 is 2.11 bits per heavy atom. The molecular weight excluding hydrogens is 348 g/mol. The van der Waals surface area contributed by atoms with Crippen molar-refractivity contribution in [3.63, 3.8) is 0 Å². The molecule has 0 amide bonds. The summed E-state index contributed by atoms with van der Waals surface area (Å²) in [5, 5.41) is 11.5. The molecule has 0 spiro atoms. The maximum atomic E-state index is 12.9. The van der Waals surface area contributed by atoms with E-state index in [0.29, 0.717) is 38.0 Å². The molecule has 7 heteroatoms. The van der Waals surface area contributed by atoms with Crippen molar-refractivity contribution in [2.75, 3.05) is 13.1 Å². The standard InChI is InChI=1S/C20H24N2O5/c1-13-4-2-3-5-14(13)6-7-17(23)16-10-15(18-11-19(24)21-27-18)8-9-22(16)12-20(25)26/h2-5,11,15-16H,6-10,12H2,1H3,(H,21,24)(H,25,26). The normalized spacial score (nSPS) is 20.5. The average Bonchev–Trinajstić information content (AvgIpc) is 3.07. The van der Waals surface area contributed by atoms with Gasteiger partial charge in [-0.1, -0.05) is 24.3 Å². The summed E-state index contributed by atoms with van der Waals surface area (Å²) >= 11 is 0. The van der Waals surface area contributed by atoms with Gasteiger partial charge >= 0.3 is 5.97 Å². The molecule has 27 heavy (non-hydrogen) atoms. The number of likely N-dealkylation sites (tertiary alicyclic amines) is 1. The molecule has 1 aromatic heterocycles. The Balaban J connectivity index is 1.71. The number of H-pyrrole nitrogens is 1. The molecule has 2 heterocycles. The third-order valence-electron chi connectivity index (χ3n) is 5.27. The number of piperidine rings is 1. The Hall–Kier alpha value is -2.67. The van der Waals surface area contributed by atoms with Gasteiger partial charge in [0, 0.05) is 24.9 Å². The number of carbonyl (C=O) groups excluding carboxylic acids is 1. The number of carbonyl (C=O) groups is 2. The first kappa shape index (κ1) is 19.1. The Labute approximate surface area is 157 Å². The lowest BCUT2D eigenvalue weighted by atomic mass is 9.85. The summed E-state index contributed by atoms with van der Waals surface area (Å²) in [5.74, 6) is -0.450. The summed E-state index contributed by atoms with van der Waals surface area (Å²) in [4.78, 5) is 37.2. The van der Waals surface area contributed by atoms with Gasteiger partial charge in [-0.25, -0.2) is 0 Å². The van der Waals surface area contributed by atoms with Crippen LogP contribution in [-0.2, 0) is 16.0 Å². The molecular formula is C20H24N2O5. The van der Waals surface area contributed by atoms with Gasteiger partial charge in [-0.3, -0.25) is 19.3 Å². The van der Waals surface area contributed by atoms with Crippen LogP contribution in [0.1, 0.15) is 42.1 Å². The van der Waals surface area contributed by atoms with Crippen LogP contribution in [0.2, 0.25) is 0 Å². The topological polar surface area (TPSA) is 104 Å². The largest absolute Gasteiger partial charge is 0.480 e. The molecule has 7 nitrogen and oxygen atoms in total. The Kier molecular flexibility index (Phi) is 5.91. The summed E-state index contributed by atoms with van der Waals surface area (Å²) in [7, 11) is 0. The average molecular weight is 372 g/mol. The molecule has 0 aliphatic carbocycles. The number of benzene rings is 1. The van der Waals surface area contributed by atoms with Crippen molar-refractivity contribution in [3.05, 3.63) is 57.6 Å². The van der Waals surface area contributed by atoms with Gasteiger partial charge in [0.1, 0.15) is 11.5 Å². The Morgan fingerprint density at radius 1 is 1.33 bits per heavy atom. The minimum absolute atomic E-state index is 0.0297. The number of aromatic amines is 1. The van der Waals surface area contributed by atoms with E-state index in [1.165, 1.54) is 6.07 Å². The fourth-order valence-electron chi connectivity index (χ4n) is 3.78. The van der Waals surface area contributed by atoms with Crippen molar-refractivity contribution in [2.24, 2.45) is 0 Å². The van der Waals surface area contributed by atoms with E-state index >= 15 is 0 Å². The van der Waals surface area contributed by atoms with E-state index in [1.54, 1.807) is 4.90 Å². The lowest BCUT2D eigenvalue weighted by Gasteiger charge is -2.37. The minimum atomic E-state index is -0.946. The molecule has 2 aromatic rings. The number of hydrogen-bond donors (Lipinski definition) is 2. The van der Waals surface area contributed by atoms with E-state index in [0.717, 1.165) is 11.1 Å². The fourth-order valence-corrected chi connectivity index (χ4v) is 3.78. The number of Topliss-reactive ketones (excluding diaryl/α,β-unsaturated/α-hetero) is 1. The maximum Gasteiger partial charge on any atom is 0.317 e. The summed E-state index contributed by atoms with van der Waals surface area (Å²) in [6, 6.07) is 8.87. The highest BCUT2D eigenvalue weighted by molar-refractivity contribution is 5.85. The SMILES string of the molecule is Cc1ccccc1CCC(=O)C1CC(c2cc(=O)[nH]o2)CCN1CC(=O)O. The molecule has 1 aliphatic rings. The molecule has 3 rings (SSSR count). The van der Waals surface area contributed by atoms with Crippen molar-refractivity contribution in [3.8, 4) is 0 Å². The molecule has 0 radical (unpaired) electrons. The quantitative estimate of drug-likeness (QED) is 0.771. The molecule has 144 valence electrons. The van der Waals surface area contributed by atoms with Crippen LogP contribution >= 0.6 is 0 Å². The van der Waals surface area contributed by atoms with Gasteiger partial charge < -0.3 is 9.63 Å². The second-order valence-corrected chi connectivity index (χ2v) is 7.11. The van der Waals surface area contributed by atoms with Crippen LogP contribution in [-0.4, -0.2) is 46.0 Å². The number of ketones is 1. The van der Waals surface area contributed by atoms with Crippen molar-refractivity contribution in [1.82, 2.24) is 10.1 Å². The number of nitrogens with zero attached hydrogens (tertiary/aromatic N) is 1. The van der Waals surface area contributed by atoms with Gasteiger partial charge in [0.2, 0.25) is 0 Å². The molecule has 1 aromatic carbocycles. The third kappa shape index (κ3) is 4.74. The number of hydrogen-bond acceptors (Lipinski definition) is 5. The minimum Gasteiger partial charge on any atom is -0.480 e. The fraction of sp³-hybridized carbons (Fsp3) is 0.450. The van der Waals surface area contributed by atoms with Gasteiger partial charge in [0.05, 0.1) is 12.6 Å². The van der Waals surface area contributed by atoms with Crippen LogP contribution in [0.4, 0.5) is 0 Å². The van der Waals surface area contributed by atoms with E-state index in [1.807, 2.05) is 31.2 Å². The highest BCUT2D eigenvalue weighted by Crippen LogP contribution is 2.32. The van der Waals surface area contributed by atoms with Gasteiger partial charge in [-0.05, 0) is 37.3 Å².